The van der Waals surface area contributed by atoms with E-state index >= 15 is 0 Å². The van der Waals surface area contributed by atoms with Gasteiger partial charge in [0.05, 0.1) is 18.7 Å². The smallest absolute Gasteiger partial charge is 0.410 e. The van der Waals surface area contributed by atoms with Crippen LogP contribution in [0.1, 0.15) is 5.56 Å². The number of azide groups is 1. The lowest BCUT2D eigenvalue weighted by molar-refractivity contribution is 0.0821. The Morgan fingerprint density at radius 1 is 1.45 bits per heavy atom. The molecule has 1 fully saturated rings. The molecule has 1 amide bonds. The molecule has 7 heteroatoms. The number of likely N-dealkylation sites (tertiary alicyclic amines) is 1. The number of hydrogen-bond acceptors (Lipinski definition) is 4. The summed E-state index contributed by atoms with van der Waals surface area (Å²) >= 11 is 0. The first-order chi connectivity index (χ1) is 9.74. The van der Waals surface area contributed by atoms with Crippen LogP contribution < -0.4 is 0 Å². The number of hydrogen-bond donors (Lipinski definition) is 0. The molecule has 0 radical (unpaired) electrons. The lowest BCUT2D eigenvalue weighted by Gasteiger charge is -2.15. The first kappa shape index (κ1) is 14.2. The highest BCUT2D eigenvalue weighted by molar-refractivity contribution is 5.68. The zero-order valence-electron chi connectivity index (χ0n) is 11.2. The van der Waals surface area contributed by atoms with Gasteiger partial charge in [0.15, 0.2) is 0 Å². The molecule has 1 aromatic rings. The lowest BCUT2D eigenvalue weighted by Crippen LogP contribution is -2.30. The van der Waals surface area contributed by atoms with E-state index in [2.05, 4.69) is 10.0 Å². The molecule has 106 valence electrons. The molecule has 0 aliphatic carbocycles. The third kappa shape index (κ3) is 3.40. The predicted molar refractivity (Wildman–Crippen MR) is 71.9 cm³/mol. The highest BCUT2D eigenvalue weighted by Crippen LogP contribution is 2.17. The monoisotopic (exact) mass is 276 g/mol. The van der Waals surface area contributed by atoms with Crippen molar-refractivity contribution in [1.29, 1.82) is 0 Å². The Kier molecular flexibility index (Phi) is 4.81. The second-order valence-corrected chi connectivity index (χ2v) is 4.49. The molecule has 7 nitrogen and oxygen atoms in total. The number of rotatable bonds is 4. The fourth-order valence-electron chi connectivity index (χ4n) is 2.13. The summed E-state index contributed by atoms with van der Waals surface area (Å²) < 4.78 is 10.4. The normalized spacial score (nSPS) is 21.4. The SMILES string of the molecule is COC1CN(C(=O)OCc2ccccc2)C[C@@H]1N=[N+]=[N-]. The summed E-state index contributed by atoms with van der Waals surface area (Å²) in [6.07, 6.45) is -0.707. The summed E-state index contributed by atoms with van der Waals surface area (Å²) in [4.78, 5) is 16.2. The van der Waals surface area contributed by atoms with Crippen LogP contribution in [0.4, 0.5) is 4.79 Å². The van der Waals surface area contributed by atoms with Gasteiger partial charge in [-0.05, 0) is 11.1 Å². The Hall–Kier alpha value is -2.24. The maximum absolute atomic E-state index is 11.9. The van der Waals surface area contributed by atoms with Crippen LogP contribution in [0.3, 0.4) is 0 Å². The van der Waals surface area contributed by atoms with Crippen molar-refractivity contribution in [2.45, 2.75) is 18.8 Å². The van der Waals surface area contributed by atoms with E-state index in [1.807, 2.05) is 30.3 Å². The summed E-state index contributed by atoms with van der Waals surface area (Å²) in [5.41, 5.74) is 9.41. The van der Waals surface area contributed by atoms with Crippen molar-refractivity contribution in [1.82, 2.24) is 4.90 Å². The summed E-state index contributed by atoms with van der Waals surface area (Å²) in [6, 6.07) is 9.08. The van der Waals surface area contributed by atoms with Crippen LogP contribution in [-0.4, -0.2) is 43.3 Å². The van der Waals surface area contributed by atoms with E-state index in [4.69, 9.17) is 15.0 Å². The minimum absolute atomic E-state index is 0.222. The van der Waals surface area contributed by atoms with Gasteiger partial charge >= 0.3 is 6.09 Å². The molecule has 20 heavy (non-hydrogen) atoms. The van der Waals surface area contributed by atoms with Gasteiger partial charge in [-0.15, -0.1) is 0 Å². The molecule has 2 rings (SSSR count). The van der Waals surface area contributed by atoms with E-state index in [0.717, 1.165) is 5.56 Å². The Labute approximate surface area is 116 Å². The highest BCUT2D eigenvalue weighted by Gasteiger charge is 2.35. The highest BCUT2D eigenvalue weighted by atomic mass is 16.6. The molecule has 1 aromatic carbocycles. The standard InChI is InChI=1S/C13H16N4O3/c1-19-12-8-17(7-11(12)15-16-14)13(18)20-9-10-5-3-2-4-6-10/h2-6,11-12H,7-9H2,1H3/t11-,12?/m0/s1. The van der Waals surface area contributed by atoms with E-state index in [1.165, 1.54) is 12.0 Å². The molecule has 1 saturated heterocycles. The largest absolute Gasteiger partial charge is 0.445 e. The van der Waals surface area contributed by atoms with Crippen LogP contribution in [0.5, 0.6) is 0 Å². The quantitative estimate of drug-likeness (QED) is 0.480. The Bertz CT molecular complexity index is 502. The van der Waals surface area contributed by atoms with Gasteiger partial charge in [-0.1, -0.05) is 35.4 Å². The van der Waals surface area contributed by atoms with Crippen molar-refractivity contribution in [2.75, 3.05) is 20.2 Å². The maximum Gasteiger partial charge on any atom is 0.410 e. The van der Waals surface area contributed by atoms with E-state index < -0.39 is 6.09 Å². The van der Waals surface area contributed by atoms with E-state index in [0.29, 0.717) is 13.1 Å². The second-order valence-electron chi connectivity index (χ2n) is 4.49. The minimum Gasteiger partial charge on any atom is -0.445 e. The molecular weight excluding hydrogens is 260 g/mol. The number of amides is 1. The molecule has 0 saturated carbocycles. The van der Waals surface area contributed by atoms with Crippen molar-refractivity contribution < 1.29 is 14.3 Å². The van der Waals surface area contributed by atoms with Gasteiger partial charge in [0, 0.05) is 18.6 Å². The molecule has 1 heterocycles. The first-order valence-corrected chi connectivity index (χ1v) is 6.27. The van der Waals surface area contributed by atoms with E-state index in [1.54, 1.807) is 0 Å². The Balaban J connectivity index is 1.89. The fourth-order valence-corrected chi connectivity index (χ4v) is 2.13. The van der Waals surface area contributed by atoms with Gasteiger partial charge in [-0.3, -0.25) is 0 Å². The van der Waals surface area contributed by atoms with Crippen LogP contribution in [0, 0.1) is 0 Å². The molecule has 0 aromatic heterocycles. The third-order valence-electron chi connectivity index (χ3n) is 3.20. The molecule has 0 N–H and O–H groups in total. The summed E-state index contributed by atoms with van der Waals surface area (Å²) in [7, 11) is 1.53. The van der Waals surface area contributed by atoms with Gasteiger partial charge < -0.3 is 14.4 Å². The number of benzene rings is 1. The van der Waals surface area contributed by atoms with Crippen molar-refractivity contribution in [3.8, 4) is 0 Å². The average Bonchev–Trinajstić information content (AvgIpc) is 2.89. The van der Waals surface area contributed by atoms with Crippen LogP contribution in [0.2, 0.25) is 0 Å². The van der Waals surface area contributed by atoms with Crippen LogP contribution >= 0.6 is 0 Å². The molecule has 0 bridgehead atoms. The van der Waals surface area contributed by atoms with Crippen LogP contribution in [0.25, 0.3) is 10.4 Å². The topological polar surface area (TPSA) is 87.5 Å². The molecule has 1 aliphatic rings. The number of methoxy groups -OCH3 is 1. The summed E-state index contributed by atoms with van der Waals surface area (Å²) in [6.45, 7) is 0.907. The molecule has 1 unspecified atom stereocenters. The molecule has 1 aliphatic heterocycles. The lowest BCUT2D eigenvalue weighted by atomic mass is 10.2. The Morgan fingerprint density at radius 3 is 2.85 bits per heavy atom. The second kappa shape index (κ2) is 6.79. The van der Waals surface area contributed by atoms with E-state index in [-0.39, 0.29) is 18.8 Å². The maximum atomic E-state index is 11.9. The van der Waals surface area contributed by atoms with Crippen LogP contribution in [-0.2, 0) is 16.1 Å². The van der Waals surface area contributed by atoms with Gasteiger partial charge in [0.1, 0.15) is 6.61 Å². The number of nitrogens with zero attached hydrogens (tertiary/aromatic N) is 4. The Morgan fingerprint density at radius 2 is 2.20 bits per heavy atom. The number of ether oxygens (including phenoxy) is 2. The minimum atomic E-state index is -0.424. The van der Waals surface area contributed by atoms with Gasteiger partial charge in [-0.25, -0.2) is 4.79 Å². The first-order valence-electron chi connectivity index (χ1n) is 6.27. The third-order valence-corrected chi connectivity index (χ3v) is 3.20. The molecule has 0 spiro atoms. The number of carbonyl (C=O) groups excluding carboxylic acids is 1. The fraction of sp³-hybridized carbons (Fsp3) is 0.462. The van der Waals surface area contributed by atoms with Crippen LogP contribution in [0.15, 0.2) is 35.4 Å². The molecule has 2 atom stereocenters. The van der Waals surface area contributed by atoms with Crippen molar-refractivity contribution in [3.05, 3.63) is 46.3 Å². The number of carbonyl (C=O) groups is 1. The zero-order valence-corrected chi connectivity index (χ0v) is 11.2. The average molecular weight is 276 g/mol. The predicted octanol–water partition coefficient (Wildman–Crippen LogP) is 2.33. The van der Waals surface area contributed by atoms with Crippen molar-refractivity contribution in [3.63, 3.8) is 0 Å². The van der Waals surface area contributed by atoms with Crippen molar-refractivity contribution >= 4 is 6.09 Å². The zero-order chi connectivity index (χ0) is 14.4. The van der Waals surface area contributed by atoms with Crippen molar-refractivity contribution in [2.24, 2.45) is 5.11 Å². The van der Waals surface area contributed by atoms with E-state index in [9.17, 15) is 4.79 Å². The molecular formula is C13H16N4O3. The van der Waals surface area contributed by atoms with Gasteiger partial charge in [-0.2, -0.15) is 0 Å². The summed E-state index contributed by atoms with van der Waals surface area (Å²) in [5, 5.41) is 3.63. The summed E-state index contributed by atoms with van der Waals surface area (Å²) in [5.74, 6) is 0. The van der Waals surface area contributed by atoms with Gasteiger partial charge in [0.25, 0.3) is 0 Å². The van der Waals surface area contributed by atoms with Gasteiger partial charge in [0.2, 0.25) is 0 Å².